The second kappa shape index (κ2) is 12.4. The number of rotatable bonds is 13. The number of aromatic nitrogens is 2. The number of nitrogens with zero attached hydrogens (tertiary/aromatic N) is 3. The number of carbonyl (C=O) groups is 2. The number of nitrogens with one attached hydrogen (secondary N) is 1. The lowest BCUT2D eigenvalue weighted by Gasteiger charge is -2.20. The third-order valence-corrected chi connectivity index (χ3v) is 5.48. The molecule has 0 radical (unpaired) electrons. The van der Waals surface area contributed by atoms with Gasteiger partial charge in [0.15, 0.2) is 0 Å². The molecule has 0 saturated carbocycles. The average molecular weight is 445 g/mol. The Morgan fingerprint density at radius 1 is 0.939 bits per heavy atom. The Hall–Kier alpha value is -3.67. The van der Waals surface area contributed by atoms with Crippen molar-refractivity contribution in [3.8, 4) is 0 Å². The number of hydrogen-bond donors (Lipinski definition) is 1. The van der Waals surface area contributed by atoms with E-state index in [9.17, 15) is 9.59 Å². The van der Waals surface area contributed by atoms with E-state index in [1.165, 1.54) is 0 Å². The van der Waals surface area contributed by atoms with Crippen molar-refractivity contribution in [2.24, 2.45) is 0 Å². The number of hydrogen-bond acceptors (Lipinski definition) is 3. The van der Waals surface area contributed by atoms with Crippen LogP contribution in [0.5, 0.6) is 0 Å². The standard InChI is InChI=1S/C27H32N4O2/c1-3-19-30(20-4-2)26(32)21-31-24-16-11-10-15-23(24)29-25(31)17-9-6-12-18-28-27(33)22-13-7-5-8-14-22/h3-5,7-8,10-11,13-16H,1-2,6,9,12,17-21H2,(H,28,33). The third-order valence-electron chi connectivity index (χ3n) is 5.48. The van der Waals surface area contributed by atoms with Gasteiger partial charge in [0, 0.05) is 31.6 Å². The van der Waals surface area contributed by atoms with Crippen LogP contribution in [-0.4, -0.2) is 45.9 Å². The molecular weight excluding hydrogens is 412 g/mol. The van der Waals surface area contributed by atoms with E-state index in [-0.39, 0.29) is 18.4 Å². The Balaban J connectivity index is 1.56. The predicted octanol–water partition coefficient (Wildman–Crippen LogP) is 4.38. The summed E-state index contributed by atoms with van der Waals surface area (Å²) in [6.45, 7) is 9.35. The molecule has 0 bridgehead atoms. The fourth-order valence-electron chi connectivity index (χ4n) is 3.80. The topological polar surface area (TPSA) is 67.2 Å². The molecule has 6 nitrogen and oxygen atoms in total. The molecule has 1 N–H and O–H groups in total. The molecule has 0 fully saturated rings. The van der Waals surface area contributed by atoms with Gasteiger partial charge in [0.25, 0.3) is 5.91 Å². The second-order valence-corrected chi connectivity index (χ2v) is 7.91. The van der Waals surface area contributed by atoms with Crippen molar-refractivity contribution in [1.29, 1.82) is 0 Å². The summed E-state index contributed by atoms with van der Waals surface area (Å²) in [7, 11) is 0. The van der Waals surface area contributed by atoms with Crippen molar-refractivity contribution in [3.05, 3.63) is 91.3 Å². The first-order chi connectivity index (χ1) is 16.1. The maximum Gasteiger partial charge on any atom is 0.251 e. The highest BCUT2D eigenvalue weighted by Gasteiger charge is 2.17. The first-order valence-electron chi connectivity index (χ1n) is 11.4. The summed E-state index contributed by atoms with van der Waals surface area (Å²) >= 11 is 0. The second-order valence-electron chi connectivity index (χ2n) is 7.91. The van der Waals surface area contributed by atoms with E-state index in [4.69, 9.17) is 4.98 Å². The highest BCUT2D eigenvalue weighted by molar-refractivity contribution is 5.94. The van der Waals surface area contributed by atoms with Crippen LogP contribution in [0.2, 0.25) is 0 Å². The van der Waals surface area contributed by atoms with Gasteiger partial charge in [-0.1, -0.05) is 48.9 Å². The fraction of sp³-hybridized carbons (Fsp3) is 0.296. The summed E-state index contributed by atoms with van der Waals surface area (Å²) in [5, 5.41) is 2.97. The number of carbonyl (C=O) groups excluding carboxylic acids is 2. The Labute approximate surface area is 195 Å². The van der Waals surface area contributed by atoms with Crippen molar-refractivity contribution >= 4 is 22.8 Å². The Morgan fingerprint density at radius 2 is 1.64 bits per heavy atom. The molecule has 1 heterocycles. The lowest BCUT2D eigenvalue weighted by molar-refractivity contribution is -0.130. The number of imidazole rings is 1. The minimum atomic E-state index is -0.0421. The molecule has 172 valence electrons. The van der Waals surface area contributed by atoms with E-state index in [1.54, 1.807) is 17.1 Å². The predicted molar refractivity (Wildman–Crippen MR) is 133 cm³/mol. The molecule has 0 atom stereocenters. The maximum absolute atomic E-state index is 12.9. The van der Waals surface area contributed by atoms with Crippen molar-refractivity contribution in [2.45, 2.75) is 32.2 Å². The van der Waals surface area contributed by atoms with E-state index < -0.39 is 0 Å². The van der Waals surface area contributed by atoms with Crippen molar-refractivity contribution in [3.63, 3.8) is 0 Å². The van der Waals surface area contributed by atoms with Gasteiger partial charge in [-0.3, -0.25) is 9.59 Å². The van der Waals surface area contributed by atoms with Crippen LogP contribution in [0.15, 0.2) is 79.9 Å². The van der Waals surface area contributed by atoms with Crippen LogP contribution < -0.4 is 5.32 Å². The zero-order chi connectivity index (χ0) is 23.5. The summed E-state index contributed by atoms with van der Waals surface area (Å²) < 4.78 is 2.02. The highest BCUT2D eigenvalue weighted by Crippen LogP contribution is 2.18. The number of para-hydroxylation sites is 2. The number of amides is 2. The molecule has 33 heavy (non-hydrogen) atoms. The summed E-state index contributed by atoms with van der Waals surface area (Å²) in [5.74, 6) is 0.886. The summed E-state index contributed by atoms with van der Waals surface area (Å²) in [6, 6.07) is 17.2. The Bertz CT molecular complexity index is 1080. The van der Waals surface area contributed by atoms with E-state index in [0.29, 0.717) is 25.2 Å². The van der Waals surface area contributed by atoms with Crippen molar-refractivity contribution in [1.82, 2.24) is 19.8 Å². The monoisotopic (exact) mass is 444 g/mol. The van der Waals surface area contributed by atoms with Crippen LogP contribution in [0.25, 0.3) is 11.0 Å². The van der Waals surface area contributed by atoms with Crippen LogP contribution in [0.1, 0.15) is 35.4 Å². The smallest absolute Gasteiger partial charge is 0.251 e. The number of benzene rings is 2. The van der Waals surface area contributed by atoms with Crippen molar-refractivity contribution in [2.75, 3.05) is 19.6 Å². The van der Waals surface area contributed by atoms with Crippen molar-refractivity contribution < 1.29 is 9.59 Å². The third kappa shape index (κ3) is 6.65. The van der Waals surface area contributed by atoms with Gasteiger partial charge >= 0.3 is 0 Å². The molecule has 0 saturated heterocycles. The summed E-state index contributed by atoms with van der Waals surface area (Å²) in [6.07, 6.45) is 7.02. The van der Waals surface area contributed by atoms with E-state index in [0.717, 1.165) is 42.5 Å². The molecule has 2 aromatic carbocycles. The van der Waals surface area contributed by atoms with E-state index in [1.807, 2.05) is 59.2 Å². The molecular formula is C27H32N4O2. The van der Waals surface area contributed by atoms with Gasteiger partial charge in [0.1, 0.15) is 12.4 Å². The molecule has 0 unspecified atom stereocenters. The maximum atomic E-state index is 12.9. The molecule has 2 amide bonds. The minimum Gasteiger partial charge on any atom is -0.352 e. The normalized spacial score (nSPS) is 10.7. The molecule has 0 aliphatic carbocycles. The lowest BCUT2D eigenvalue weighted by atomic mass is 10.1. The van der Waals surface area contributed by atoms with Crippen LogP contribution in [0, 0.1) is 0 Å². The van der Waals surface area contributed by atoms with Crippen LogP contribution >= 0.6 is 0 Å². The first-order valence-corrected chi connectivity index (χ1v) is 11.4. The Kier molecular flexibility index (Phi) is 9.00. The zero-order valence-electron chi connectivity index (χ0n) is 19.1. The fourth-order valence-corrected chi connectivity index (χ4v) is 3.80. The van der Waals surface area contributed by atoms with Gasteiger partial charge in [-0.15, -0.1) is 13.2 Å². The largest absolute Gasteiger partial charge is 0.352 e. The summed E-state index contributed by atoms with van der Waals surface area (Å²) in [5.41, 5.74) is 2.54. The first kappa shape index (κ1) is 24.0. The van der Waals surface area contributed by atoms with Gasteiger partial charge < -0.3 is 14.8 Å². The minimum absolute atomic E-state index is 0.0165. The van der Waals surface area contributed by atoms with Gasteiger partial charge in [-0.25, -0.2) is 4.98 Å². The van der Waals surface area contributed by atoms with E-state index >= 15 is 0 Å². The molecule has 3 aromatic rings. The van der Waals surface area contributed by atoms with Gasteiger partial charge in [-0.05, 0) is 37.1 Å². The number of fused-ring (bicyclic) bond motifs is 1. The quantitative estimate of drug-likeness (QED) is 0.314. The molecule has 0 aliphatic rings. The van der Waals surface area contributed by atoms with Gasteiger partial charge in [0.05, 0.1) is 11.0 Å². The summed E-state index contributed by atoms with van der Waals surface area (Å²) in [4.78, 5) is 31.6. The Morgan fingerprint density at radius 3 is 2.36 bits per heavy atom. The van der Waals surface area contributed by atoms with Crippen LogP contribution in [-0.2, 0) is 17.8 Å². The van der Waals surface area contributed by atoms with E-state index in [2.05, 4.69) is 18.5 Å². The molecule has 6 heteroatoms. The van der Waals surface area contributed by atoms with Gasteiger partial charge in [-0.2, -0.15) is 0 Å². The SMILES string of the molecule is C=CCN(CC=C)C(=O)Cn1c(CCCCCNC(=O)c2ccccc2)nc2ccccc21. The average Bonchev–Trinajstić information content (AvgIpc) is 3.18. The molecule has 1 aromatic heterocycles. The van der Waals surface area contributed by atoms with Crippen LogP contribution in [0.4, 0.5) is 0 Å². The number of unbranched alkanes of at least 4 members (excludes halogenated alkanes) is 2. The van der Waals surface area contributed by atoms with Crippen LogP contribution in [0.3, 0.4) is 0 Å². The molecule has 0 spiro atoms. The lowest BCUT2D eigenvalue weighted by Crippen LogP contribution is -2.34. The molecule has 0 aliphatic heterocycles. The zero-order valence-corrected chi connectivity index (χ0v) is 19.1. The molecule has 3 rings (SSSR count). The highest BCUT2D eigenvalue weighted by atomic mass is 16.2. The number of aryl methyl sites for hydroxylation is 1. The van der Waals surface area contributed by atoms with Gasteiger partial charge in [0.2, 0.25) is 5.91 Å².